The molecule has 0 aromatic rings. The zero-order valence-electron chi connectivity index (χ0n) is 22.2. The smallest absolute Gasteiger partial charge is 0.328 e. The first-order valence-corrected chi connectivity index (χ1v) is 12.7. The van der Waals surface area contributed by atoms with Crippen molar-refractivity contribution in [2.24, 2.45) is 0 Å². The van der Waals surface area contributed by atoms with E-state index in [9.17, 15) is 14.4 Å². The number of amides is 2. The summed E-state index contributed by atoms with van der Waals surface area (Å²) in [6, 6.07) is 0. The molecule has 0 aromatic heterocycles. The zero-order chi connectivity index (χ0) is 26.9. The number of carboxylic acid groups (broad SMARTS) is 1. The van der Waals surface area contributed by atoms with Crippen molar-refractivity contribution in [3.63, 3.8) is 0 Å². The molecule has 6 nitrogen and oxygen atoms in total. The summed E-state index contributed by atoms with van der Waals surface area (Å²) < 4.78 is 0. The van der Waals surface area contributed by atoms with Gasteiger partial charge in [-0.1, -0.05) is 79.8 Å². The highest BCUT2D eigenvalue weighted by Crippen LogP contribution is 2.00. The summed E-state index contributed by atoms with van der Waals surface area (Å²) >= 11 is 0. The number of rotatable bonds is 19. The third-order valence-electron chi connectivity index (χ3n) is 5.06. The van der Waals surface area contributed by atoms with Gasteiger partial charge in [0.2, 0.25) is 11.8 Å². The minimum atomic E-state index is -1.17. The fourth-order valence-electron chi connectivity index (χ4n) is 2.84. The Morgan fingerprint density at radius 2 is 1.03 bits per heavy atom. The Labute approximate surface area is 217 Å². The van der Waals surface area contributed by atoms with Gasteiger partial charge in [0.15, 0.2) is 0 Å². The molecule has 0 rings (SSSR count). The van der Waals surface area contributed by atoms with Gasteiger partial charge in [-0.05, 0) is 44.9 Å². The number of hydrogen-bond acceptors (Lipinski definition) is 3. The molecule has 0 unspecified atom stereocenters. The van der Waals surface area contributed by atoms with E-state index in [4.69, 9.17) is 5.11 Å². The average Bonchev–Trinajstić information content (AvgIpc) is 2.86. The molecule has 0 heterocycles. The summed E-state index contributed by atoms with van der Waals surface area (Å²) in [7, 11) is 3.28. The topological polar surface area (TPSA) is 77.9 Å². The number of carbonyl (C=O) groups excluding carboxylic acids is 2. The lowest BCUT2D eigenvalue weighted by atomic mass is 10.2. The van der Waals surface area contributed by atoms with Crippen molar-refractivity contribution >= 4 is 17.8 Å². The molecule has 0 aliphatic heterocycles. The van der Waals surface area contributed by atoms with Crippen LogP contribution >= 0.6 is 0 Å². The average molecular weight is 497 g/mol. The van der Waals surface area contributed by atoms with Crippen molar-refractivity contribution in [3.05, 3.63) is 85.1 Å². The van der Waals surface area contributed by atoms with E-state index in [0.29, 0.717) is 25.9 Å². The highest BCUT2D eigenvalue weighted by Gasteiger charge is 2.10. The van der Waals surface area contributed by atoms with E-state index < -0.39 is 11.9 Å². The van der Waals surface area contributed by atoms with Crippen molar-refractivity contribution in [2.45, 2.75) is 58.3 Å². The number of carboxylic acids is 1. The summed E-state index contributed by atoms with van der Waals surface area (Å²) in [4.78, 5) is 37.4. The Hall–Kier alpha value is -3.41. The van der Waals surface area contributed by atoms with Crippen LogP contribution < -0.4 is 0 Å². The molecule has 0 radical (unpaired) electrons. The van der Waals surface area contributed by atoms with Crippen LogP contribution in [0.4, 0.5) is 0 Å². The predicted octanol–water partition coefficient (Wildman–Crippen LogP) is 6.02. The minimum Gasteiger partial charge on any atom is -0.478 e. The molecule has 0 saturated heterocycles. The number of likely N-dealkylation sites (N-methyl/N-ethyl adjacent to an activating group) is 2. The van der Waals surface area contributed by atoms with Crippen LogP contribution in [-0.4, -0.2) is 59.9 Å². The van der Waals surface area contributed by atoms with E-state index >= 15 is 0 Å². The molecule has 36 heavy (non-hydrogen) atoms. The van der Waals surface area contributed by atoms with Crippen LogP contribution in [0.3, 0.4) is 0 Å². The van der Waals surface area contributed by atoms with Crippen molar-refractivity contribution in [1.29, 1.82) is 0 Å². The first kappa shape index (κ1) is 32.6. The van der Waals surface area contributed by atoms with E-state index in [-0.39, 0.29) is 5.91 Å². The summed E-state index contributed by atoms with van der Waals surface area (Å²) in [5.41, 5.74) is 0. The lowest BCUT2D eigenvalue weighted by Crippen LogP contribution is -2.36. The maximum absolute atomic E-state index is 12.2. The second kappa shape index (κ2) is 23.3. The quantitative estimate of drug-likeness (QED) is 0.175. The lowest BCUT2D eigenvalue weighted by Gasteiger charge is -2.21. The third kappa shape index (κ3) is 21.1. The Morgan fingerprint density at radius 3 is 1.47 bits per heavy atom. The largest absolute Gasteiger partial charge is 0.478 e. The molecular weight excluding hydrogens is 452 g/mol. The Balaban J connectivity index is 3.87. The summed E-state index contributed by atoms with van der Waals surface area (Å²) in [6.07, 6.45) is 34.5. The maximum Gasteiger partial charge on any atom is 0.328 e. The summed E-state index contributed by atoms with van der Waals surface area (Å²) in [5, 5.41) is 8.56. The number of hydrogen-bond donors (Lipinski definition) is 1. The zero-order valence-corrected chi connectivity index (χ0v) is 22.2. The molecule has 0 fully saturated rings. The molecule has 0 bridgehead atoms. The van der Waals surface area contributed by atoms with Gasteiger partial charge in [-0.2, -0.15) is 0 Å². The van der Waals surface area contributed by atoms with Gasteiger partial charge >= 0.3 is 5.97 Å². The summed E-state index contributed by atoms with van der Waals surface area (Å²) in [5.74, 6) is -1.56. The van der Waals surface area contributed by atoms with Crippen molar-refractivity contribution < 1.29 is 19.5 Å². The van der Waals surface area contributed by atoms with Gasteiger partial charge in [0.25, 0.3) is 0 Å². The second-order valence-electron chi connectivity index (χ2n) is 8.20. The molecule has 0 aliphatic carbocycles. The van der Waals surface area contributed by atoms with Gasteiger partial charge < -0.3 is 14.9 Å². The minimum absolute atomic E-state index is 0.0106. The molecule has 6 heteroatoms. The van der Waals surface area contributed by atoms with Gasteiger partial charge in [0.05, 0.1) is 0 Å². The van der Waals surface area contributed by atoms with Crippen LogP contribution in [-0.2, 0) is 14.4 Å². The van der Waals surface area contributed by atoms with Crippen LogP contribution in [0.15, 0.2) is 85.1 Å². The second-order valence-corrected chi connectivity index (χ2v) is 8.20. The SMILES string of the molecule is CCC=CCC=CCC=CCC=CCC=CCC=CCCC(=O)N(C)CCN(C)C(=O)C=CC(=O)O. The van der Waals surface area contributed by atoms with Crippen LogP contribution in [0.5, 0.6) is 0 Å². The maximum atomic E-state index is 12.2. The Bertz CT molecular complexity index is 832. The highest BCUT2D eigenvalue weighted by molar-refractivity contribution is 5.93. The van der Waals surface area contributed by atoms with Crippen molar-refractivity contribution in [2.75, 3.05) is 27.2 Å². The van der Waals surface area contributed by atoms with Crippen LogP contribution in [0, 0.1) is 0 Å². The molecule has 1 N–H and O–H groups in total. The van der Waals surface area contributed by atoms with Gasteiger partial charge in [0.1, 0.15) is 0 Å². The number of aliphatic carboxylic acids is 1. The molecule has 0 aromatic carbocycles. The van der Waals surface area contributed by atoms with E-state index in [0.717, 1.165) is 50.7 Å². The molecule has 0 saturated carbocycles. The summed E-state index contributed by atoms with van der Waals surface area (Å²) in [6.45, 7) is 2.87. The van der Waals surface area contributed by atoms with Gasteiger partial charge in [0, 0.05) is 45.8 Å². The Morgan fingerprint density at radius 1 is 0.611 bits per heavy atom. The normalized spacial score (nSPS) is 12.5. The fourth-order valence-corrected chi connectivity index (χ4v) is 2.84. The third-order valence-corrected chi connectivity index (χ3v) is 5.06. The molecule has 0 aliphatic rings. The molecule has 0 spiro atoms. The van der Waals surface area contributed by atoms with E-state index in [1.807, 2.05) is 6.08 Å². The van der Waals surface area contributed by atoms with E-state index in [2.05, 4.69) is 73.8 Å². The molecular formula is C30H44N2O4. The first-order valence-electron chi connectivity index (χ1n) is 12.7. The molecule has 198 valence electrons. The first-order chi connectivity index (χ1) is 17.4. The highest BCUT2D eigenvalue weighted by atomic mass is 16.4. The van der Waals surface area contributed by atoms with Crippen molar-refractivity contribution in [3.8, 4) is 0 Å². The predicted molar refractivity (Wildman–Crippen MR) is 149 cm³/mol. The van der Waals surface area contributed by atoms with Gasteiger partial charge in [-0.25, -0.2) is 4.79 Å². The fraction of sp³-hybridized carbons (Fsp3) is 0.433. The Kier molecular flexibility index (Phi) is 21.1. The number of nitrogens with zero attached hydrogens (tertiary/aromatic N) is 2. The standard InChI is InChI=1S/C30H44N2O4/c1-4-5-6-7-8-9-10-11-12-13-14-15-16-17-18-19-20-21-22-23-28(33)31(2)26-27-32(3)29(34)24-25-30(35)36/h5-6,8-9,11-12,14-15,17-18,20-21,24-25H,4,7,10,13,16,19,22-23,26-27H2,1-3H3,(H,35,36). The van der Waals surface area contributed by atoms with Gasteiger partial charge in [-0.3, -0.25) is 9.59 Å². The van der Waals surface area contributed by atoms with E-state index in [1.54, 1.807) is 19.0 Å². The monoisotopic (exact) mass is 496 g/mol. The van der Waals surface area contributed by atoms with Gasteiger partial charge in [-0.15, -0.1) is 0 Å². The molecule has 0 atom stereocenters. The van der Waals surface area contributed by atoms with Crippen LogP contribution in [0.25, 0.3) is 0 Å². The van der Waals surface area contributed by atoms with Crippen LogP contribution in [0.2, 0.25) is 0 Å². The number of allylic oxidation sites excluding steroid dienone is 12. The van der Waals surface area contributed by atoms with E-state index in [1.165, 1.54) is 4.90 Å². The van der Waals surface area contributed by atoms with Crippen LogP contribution in [0.1, 0.15) is 58.3 Å². The number of carbonyl (C=O) groups is 3. The van der Waals surface area contributed by atoms with Crippen molar-refractivity contribution in [1.82, 2.24) is 9.80 Å². The lowest BCUT2D eigenvalue weighted by molar-refractivity contribution is -0.132. The molecule has 2 amide bonds.